The zero-order chi connectivity index (χ0) is 15.6. The van der Waals surface area contributed by atoms with Crippen molar-refractivity contribution in [2.75, 3.05) is 11.1 Å². The van der Waals surface area contributed by atoms with Gasteiger partial charge in [0.05, 0.1) is 22.9 Å². The number of hydrogen-bond donors (Lipinski definition) is 2. The van der Waals surface area contributed by atoms with Crippen LogP contribution in [-0.2, 0) is 6.18 Å². The number of hydrogen-bond acceptors (Lipinski definition) is 3. The molecule has 2 aromatic carbocycles. The Morgan fingerprint density at radius 2 is 1.86 bits per heavy atom. The second-order valence-electron chi connectivity index (χ2n) is 4.23. The molecular formula is C14H9BrF3N3. The molecule has 0 spiro atoms. The van der Waals surface area contributed by atoms with Gasteiger partial charge in [-0.25, -0.2) is 0 Å². The number of nitrogen functional groups attached to an aromatic ring is 1. The Balaban J connectivity index is 2.35. The van der Waals surface area contributed by atoms with E-state index in [1.807, 2.05) is 6.07 Å². The van der Waals surface area contributed by atoms with E-state index in [1.54, 1.807) is 18.2 Å². The van der Waals surface area contributed by atoms with Gasteiger partial charge in [-0.1, -0.05) is 0 Å². The fourth-order valence-corrected chi connectivity index (χ4v) is 2.20. The Labute approximate surface area is 127 Å². The minimum Gasteiger partial charge on any atom is -0.398 e. The standard InChI is InChI=1S/C14H9BrF3N3/c15-11-5-8(7-19)1-4-13(11)21-9-2-3-12(20)10(6-9)14(16,17)18/h1-6,21H,20H2. The summed E-state index contributed by atoms with van der Waals surface area (Å²) in [4.78, 5) is 0. The van der Waals surface area contributed by atoms with E-state index < -0.39 is 11.7 Å². The van der Waals surface area contributed by atoms with Crippen molar-refractivity contribution in [3.8, 4) is 6.07 Å². The normalized spacial score (nSPS) is 11.0. The number of alkyl halides is 3. The predicted octanol–water partition coefficient (Wildman–Crippen LogP) is 4.67. The number of rotatable bonds is 2. The highest BCUT2D eigenvalue weighted by Crippen LogP contribution is 2.36. The molecule has 3 N–H and O–H groups in total. The average molecular weight is 356 g/mol. The first-order valence-corrected chi connectivity index (χ1v) is 6.54. The summed E-state index contributed by atoms with van der Waals surface area (Å²) in [5.74, 6) is 0. The van der Waals surface area contributed by atoms with Gasteiger partial charge in [0.15, 0.2) is 0 Å². The minimum absolute atomic E-state index is 0.252. The molecular weight excluding hydrogens is 347 g/mol. The summed E-state index contributed by atoms with van der Waals surface area (Å²) < 4.78 is 39.0. The van der Waals surface area contributed by atoms with Crippen molar-refractivity contribution in [3.05, 3.63) is 52.0 Å². The van der Waals surface area contributed by atoms with Crippen LogP contribution in [0.4, 0.5) is 30.2 Å². The second-order valence-corrected chi connectivity index (χ2v) is 5.09. The molecule has 0 heterocycles. The maximum absolute atomic E-state index is 12.8. The molecule has 7 heteroatoms. The maximum Gasteiger partial charge on any atom is 0.418 e. The van der Waals surface area contributed by atoms with Gasteiger partial charge >= 0.3 is 6.18 Å². The summed E-state index contributed by atoms with van der Waals surface area (Å²) in [7, 11) is 0. The number of anilines is 3. The van der Waals surface area contributed by atoms with E-state index in [1.165, 1.54) is 12.1 Å². The maximum atomic E-state index is 12.8. The lowest BCUT2D eigenvalue weighted by atomic mass is 10.1. The van der Waals surface area contributed by atoms with Gasteiger partial charge in [-0.2, -0.15) is 18.4 Å². The van der Waals surface area contributed by atoms with Gasteiger partial charge in [0.25, 0.3) is 0 Å². The van der Waals surface area contributed by atoms with E-state index >= 15 is 0 Å². The third-order valence-corrected chi connectivity index (χ3v) is 3.39. The zero-order valence-electron chi connectivity index (χ0n) is 10.5. The van der Waals surface area contributed by atoms with Crippen molar-refractivity contribution in [2.24, 2.45) is 0 Å². The van der Waals surface area contributed by atoms with E-state index in [9.17, 15) is 13.2 Å². The topological polar surface area (TPSA) is 61.8 Å². The Hall–Kier alpha value is -2.20. The number of nitriles is 1. The summed E-state index contributed by atoms with van der Waals surface area (Å²) >= 11 is 3.26. The average Bonchev–Trinajstić information content (AvgIpc) is 2.41. The van der Waals surface area contributed by atoms with Gasteiger partial charge < -0.3 is 11.1 Å². The highest BCUT2D eigenvalue weighted by atomic mass is 79.9. The van der Waals surface area contributed by atoms with Gasteiger partial charge in [-0.05, 0) is 52.3 Å². The first-order valence-electron chi connectivity index (χ1n) is 5.74. The Morgan fingerprint density at radius 3 is 2.43 bits per heavy atom. The molecule has 2 aromatic rings. The van der Waals surface area contributed by atoms with Crippen LogP contribution in [0.5, 0.6) is 0 Å². The largest absolute Gasteiger partial charge is 0.418 e. The molecule has 0 amide bonds. The summed E-state index contributed by atoms with van der Waals surface area (Å²) in [5.41, 5.74) is 5.37. The summed E-state index contributed by atoms with van der Waals surface area (Å²) in [6, 6.07) is 10.3. The Bertz CT molecular complexity index is 720. The third kappa shape index (κ3) is 3.47. The zero-order valence-corrected chi connectivity index (χ0v) is 12.1. The Morgan fingerprint density at radius 1 is 1.14 bits per heavy atom. The van der Waals surface area contributed by atoms with Crippen molar-refractivity contribution < 1.29 is 13.2 Å². The van der Waals surface area contributed by atoms with Crippen LogP contribution >= 0.6 is 15.9 Å². The molecule has 0 fully saturated rings. The molecule has 0 aliphatic carbocycles. The molecule has 0 radical (unpaired) electrons. The highest BCUT2D eigenvalue weighted by molar-refractivity contribution is 9.10. The lowest BCUT2D eigenvalue weighted by Crippen LogP contribution is -2.09. The van der Waals surface area contributed by atoms with Gasteiger partial charge in [-0.15, -0.1) is 0 Å². The molecule has 21 heavy (non-hydrogen) atoms. The van der Waals surface area contributed by atoms with Crippen molar-refractivity contribution in [1.82, 2.24) is 0 Å². The van der Waals surface area contributed by atoms with Crippen LogP contribution in [0.25, 0.3) is 0 Å². The lowest BCUT2D eigenvalue weighted by molar-refractivity contribution is -0.136. The number of nitrogens with two attached hydrogens (primary N) is 1. The van der Waals surface area contributed by atoms with E-state index in [0.29, 0.717) is 15.7 Å². The van der Waals surface area contributed by atoms with E-state index in [-0.39, 0.29) is 11.4 Å². The van der Waals surface area contributed by atoms with E-state index in [0.717, 1.165) is 6.07 Å². The molecule has 0 saturated heterocycles. The monoisotopic (exact) mass is 355 g/mol. The third-order valence-electron chi connectivity index (χ3n) is 2.74. The van der Waals surface area contributed by atoms with Crippen LogP contribution in [-0.4, -0.2) is 0 Å². The number of nitrogens with zero attached hydrogens (tertiary/aromatic N) is 1. The van der Waals surface area contributed by atoms with Crippen LogP contribution in [0.3, 0.4) is 0 Å². The first kappa shape index (κ1) is 15.2. The highest BCUT2D eigenvalue weighted by Gasteiger charge is 2.33. The van der Waals surface area contributed by atoms with Crippen molar-refractivity contribution in [1.29, 1.82) is 5.26 Å². The fourth-order valence-electron chi connectivity index (χ4n) is 1.72. The molecule has 2 rings (SSSR count). The van der Waals surface area contributed by atoms with E-state index in [4.69, 9.17) is 11.0 Å². The van der Waals surface area contributed by atoms with Crippen LogP contribution in [0.15, 0.2) is 40.9 Å². The quantitative estimate of drug-likeness (QED) is 0.769. The molecule has 0 bridgehead atoms. The predicted molar refractivity (Wildman–Crippen MR) is 78.0 cm³/mol. The summed E-state index contributed by atoms with van der Waals surface area (Å²) in [6.45, 7) is 0. The SMILES string of the molecule is N#Cc1ccc(Nc2ccc(N)c(C(F)(F)F)c2)c(Br)c1. The fraction of sp³-hybridized carbons (Fsp3) is 0.0714. The molecule has 0 atom stereocenters. The van der Waals surface area contributed by atoms with Gasteiger partial charge in [-0.3, -0.25) is 0 Å². The summed E-state index contributed by atoms with van der Waals surface area (Å²) in [6.07, 6.45) is -4.51. The molecule has 108 valence electrons. The first-order chi connectivity index (χ1) is 9.81. The smallest absolute Gasteiger partial charge is 0.398 e. The van der Waals surface area contributed by atoms with Gasteiger partial charge in [0.2, 0.25) is 0 Å². The van der Waals surface area contributed by atoms with E-state index in [2.05, 4.69) is 21.2 Å². The number of benzene rings is 2. The number of halogens is 4. The van der Waals surface area contributed by atoms with Crippen molar-refractivity contribution in [3.63, 3.8) is 0 Å². The molecule has 0 saturated carbocycles. The minimum atomic E-state index is -4.51. The molecule has 0 aromatic heterocycles. The number of nitrogens with one attached hydrogen (secondary N) is 1. The molecule has 0 aliphatic heterocycles. The van der Waals surface area contributed by atoms with Crippen LogP contribution < -0.4 is 11.1 Å². The second kappa shape index (κ2) is 5.66. The molecule has 0 aliphatic rings. The van der Waals surface area contributed by atoms with Gasteiger partial charge in [0, 0.05) is 15.8 Å². The molecule has 0 unspecified atom stereocenters. The van der Waals surface area contributed by atoms with Crippen LogP contribution in [0.1, 0.15) is 11.1 Å². The summed E-state index contributed by atoms with van der Waals surface area (Å²) in [5, 5.41) is 11.6. The molecule has 3 nitrogen and oxygen atoms in total. The van der Waals surface area contributed by atoms with Crippen molar-refractivity contribution >= 4 is 33.0 Å². The van der Waals surface area contributed by atoms with Crippen LogP contribution in [0.2, 0.25) is 0 Å². The van der Waals surface area contributed by atoms with Crippen LogP contribution in [0, 0.1) is 11.3 Å². The lowest BCUT2D eigenvalue weighted by Gasteiger charge is -2.14. The Kier molecular flexibility index (Phi) is 4.09. The van der Waals surface area contributed by atoms with Crippen molar-refractivity contribution in [2.45, 2.75) is 6.18 Å². The van der Waals surface area contributed by atoms with Gasteiger partial charge in [0.1, 0.15) is 0 Å².